The number of anilines is 1. The molecule has 0 aliphatic carbocycles. The monoisotopic (exact) mass is 355 g/mol. The van der Waals surface area contributed by atoms with Crippen LogP contribution in [0.1, 0.15) is 5.56 Å². The van der Waals surface area contributed by atoms with Gasteiger partial charge in [-0.25, -0.2) is 9.97 Å². The molecule has 1 N–H and O–H groups in total. The van der Waals surface area contributed by atoms with E-state index in [4.69, 9.17) is 4.74 Å². The average Bonchev–Trinajstić information content (AvgIpc) is 2.40. The van der Waals surface area contributed by atoms with Crippen LogP contribution in [0.2, 0.25) is 0 Å². The first-order chi connectivity index (χ1) is 8.74. The van der Waals surface area contributed by atoms with E-state index in [-0.39, 0.29) is 0 Å². The molecule has 2 aromatic rings. The number of nitrogens with zero attached hydrogens (tertiary/aromatic N) is 2. The van der Waals surface area contributed by atoms with Gasteiger partial charge in [-0.05, 0) is 34.2 Å². The summed E-state index contributed by atoms with van der Waals surface area (Å²) in [4.78, 5) is 8.85. The first-order valence-electron chi connectivity index (χ1n) is 5.53. The minimum absolute atomic E-state index is 0.594. The van der Waals surface area contributed by atoms with Crippen molar-refractivity contribution in [1.29, 1.82) is 0 Å². The standard InChI is InChI=1S/C13H14IN3O/c1-15-13-11(14)7-16-12(17-13)10-5-3-4-9(6-10)8-18-2/h3-7H,8H2,1-2H3,(H,15,16,17). The summed E-state index contributed by atoms with van der Waals surface area (Å²) in [6.45, 7) is 0.594. The molecule has 0 bridgehead atoms. The first kappa shape index (κ1) is 13.2. The summed E-state index contributed by atoms with van der Waals surface area (Å²) in [6, 6.07) is 8.06. The molecule has 2 rings (SSSR count). The number of methoxy groups -OCH3 is 1. The fourth-order valence-corrected chi connectivity index (χ4v) is 2.18. The molecule has 1 aromatic heterocycles. The molecule has 0 spiro atoms. The zero-order chi connectivity index (χ0) is 13.0. The minimum Gasteiger partial charge on any atom is -0.380 e. The topological polar surface area (TPSA) is 47.0 Å². The molecule has 0 amide bonds. The highest BCUT2D eigenvalue weighted by molar-refractivity contribution is 14.1. The van der Waals surface area contributed by atoms with Crippen LogP contribution in [-0.4, -0.2) is 24.1 Å². The number of hydrogen-bond donors (Lipinski definition) is 1. The lowest BCUT2D eigenvalue weighted by atomic mass is 10.1. The molecular formula is C13H14IN3O. The molecule has 0 fully saturated rings. The van der Waals surface area contributed by atoms with Gasteiger partial charge in [0, 0.05) is 25.9 Å². The zero-order valence-corrected chi connectivity index (χ0v) is 12.4. The van der Waals surface area contributed by atoms with Crippen molar-refractivity contribution >= 4 is 28.4 Å². The number of rotatable bonds is 4. The Kier molecular flexibility index (Phi) is 4.48. The van der Waals surface area contributed by atoms with Gasteiger partial charge >= 0.3 is 0 Å². The Labute approximate surface area is 120 Å². The van der Waals surface area contributed by atoms with Gasteiger partial charge in [0.25, 0.3) is 0 Å². The maximum Gasteiger partial charge on any atom is 0.161 e. The lowest BCUT2D eigenvalue weighted by Gasteiger charge is -2.07. The van der Waals surface area contributed by atoms with Crippen molar-refractivity contribution in [3.63, 3.8) is 0 Å². The highest BCUT2D eigenvalue weighted by Crippen LogP contribution is 2.21. The summed E-state index contributed by atoms with van der Waals surface area (Å²) in [7, 11) is 3.54. The van der Waals surface area contributed by atoms with Crippen molar-refractivity contribution in [3.05, 3.63) is 39.6 Å². The van der Waals surface area contributed by atoms with Gasteiger partial charge in [0.2, 0.25) is 0 Å². The number of hydrogen-bond acceptors (Lipinski definition) is 4. The fourth-order valence-electron chi connectivity index (χ4n) is 1.65. The van der Waals surface area contributed by atoms with Crippen LogP contribution in [0, 0.1) is 3.57 Å². The van der Waals surface area contributed by atoms with E-state index < -0.39 is 0 Å². The summed E-state index contributed by atoms with van der Waals surface area (Å²) < 4.78 is 6.13. The summed E-state index contributed by atoms with van der Waals surface area (Å²) in [6.07, 6.45) is 1.82. The molecule has 18 heavy (non-hydrogen) atoms. The molecule has 0 radical (unpaired) electrons. The molecule has 1 aromatic carbocycles. The Balaban J connectivity index is 2.38. The van der Waals surface area contributed by atoms with Crippen molar-refractivity contribution in [1.82, 2.24) is 9.97 Å². The Bertz CT molecular complexity index is 546. The second-order valence-electron chi connectivity index (χ2n) is 3.77. The maximum absolute atomic E-state index is 5.13. The van der Waals surface area contributed by atoms with Gasteiger partial charge in [0.05, 0.1) is 10.2 Å². The molecule has 0 atom stereocenters. The predicted molar refractivity (Wildman–Crippen MR) is 80.4 cm³/mol. The number of nitrogens with one attached hydrogen (secondary N) is 1. The van der Waals surface area contributed by atoms with Crippen molar-refractivity contribution < 1.29 is 4.74 Å². The van der Waals surface area contributed by atoms with E-state index in [2.05, 4.69) is 37.9 Å². The second kappa shape index (κ2) is 6.10. The van der Waals surface area contributed by atoms with Crippen molar-refractivity contribution in [3.8, 4) is 11.4 Å². The molecule has 0 unspecified atom stereocenters. The smallest absolute Gasteiger partial charge is 0.161 e. The Hall–Kier alpha value is -1.21. The Morgan fingerprint density at radius 2 is 2.22 bits per heavy atom. The van der Waals surface area contributed by atoms with Gasteiger partial charge in [-0.1, -0.05) is 18.2 Å². The Morgan fingerprint density at radius 1 is 1.39 bits per heavy atom. The molecular weight excluding hydrogens is 341 g/mol. The normalized spacial score (nSPS) is 10.4. The van der Waals surface area contributed by atoms with Crippen molar-refractivity contribution in [2.75, 3.05) is 19.5 Å². The van der Waals surface area contributed by atoms with Gasteiger partial charge in [-0.3, -0.25) is 0 Å². The third-order valence-electron chi connectivity index (χ3n) is 2.48. The molecule has 5 heteroatoms. The van der Waals surface area contributed by atoms with Crippen LogP contribution < -0.4 is 5.32 Å². The summed E-state index contributed by atoms with van der Waals surface area (Å²) in [5.41, 5.74) is 2.11. The zero-order valence-electron chi connectivity index (χ0n) is 10.3. The number of benzene rings is 1. The van der Waals surface area contributed by atoms with E-state index in [1.807, 2.05) is 37.5 Å². The van der Waals surface area contributed by atoms with E-state index in [0.717, 1.165) is 26.3 Å². The molecule has 1 heterocycles. The number of halogens is 1. The lowest BCUT2D eigenvalue weighted by molar-refractivity contribution is 0.185. The summed E-state index contributed by atoms with van der Waals surface area (Å²) in [5.74, 6) is 1.57. The largest absolute Gasteiger partial charge is 0.380 e. The van der Waals surface area contributed by atoms with Crippen LogP contribution in [-0.2, 0) is 11.3 Å². The van der Waals surface area contributed by atoms with Crippen LogP contribution in [0.3, 0.4) is 0 Å². The summed E-state index contributed by atoms with van der Waals surface area (Å²) in [5, 5.41) is 3.06. The Morgan fingerprint density at radius 3 is 2.94 bits per heavy atom. The van der Waals surface area contributed by atoms with Gasteiger partial charge in [0.1, 0.15) is 5.82 Å². The van der Waals surface area contributed by atoms with Crippen LogP contribution in [0.25, 0.3) is 11.4 Å². The van der Waals surface area contributed by atoms with Gasteiger partial charge in [0.15, 0.2) is 5.82 Å². The number of ether oxygens (including phenoxy) is 1. The van der Waals surface area contributed by atoms with Crippen molar-refractivity contribution in [2.24, 2.45) is 0 Å². The quantitative estimate of drug-likeness (QED) is 0.857. The molecule has 4 nitrogen and oxygen atoms in total. The molecule has 0 saturated carbocycles. The van der Waals surface area contributed by atoms with E-state index in [1.165, 1.54) is 0 Å². The predicted octanol–water partition coefficient (Wildman–Crippen LogP) is 2.94. The highest BCUT2D eigenvalue weighted by Gasteiger charge is 2.06. The molecule has 0 aliphatic rings. The van der Waals surface area contributed by atoms with Crippen LogP contribution >= 0.6 is 22.6 Å². The fraction of sp³-hybridized carbons (Fsp3) is 0.231. The highest BCUT2D eigenvalue weighted by atomic mass is 127. The number of aromatic nitrogens is 2. The third-order valence-corrected chi connectivity index (χ3v) is 3.27. The van der Waals surface area contributed by atoms with E-state index >= 15 is 0 Å². The van der Waals surface area contributed by atoms with Gasteiger partial charge < -0.3 is 10.1 Å². The van der Waals surface area contributed by atoms with Gasteiger partial charge in [-0.2, -0.15) is 0 Å². The molecule has 0 saturated heterocycles. The van der Waals surface area contributed by atoms with Crippen LogP contribution in [0.5, 0.6) is 0 Å². The average molecular weight is 355 g/mol. The maximum atomic E-state index is 5.13. The lowest BCUT2D eigenvalue weighted by Crippen LogP contribution is -1.99. The third kappa shape index (κ3) is 2.97. The molecule has 94 valence electrons. The minimum atomic E-state index is 0.594. The first-order valence-corrected chi connectivity index (χ1v) is 6.61. The SMILES string of the molecule is CNc1nc(-c2cccc(COC)c2)ncc1I. The van der Waals surface area contributed by atoms with Crippen LogP contribution in [0.15, 0.2) is 30.5 Å². The van der Waals surface area contributed by atoms with E-state index in [0.29, 0.717) is 6.61 Å². The molecule has 0 aliphatic heterocycles. The van der Waals surface area contributed by atoms with E-state index in [9.17, 15) is 0 Å². The van der Waals surface area contributed by atoms with Crippen LogP contribution in [0.4, 0.5) is 5.82 Å². The van der Waals surface area contributed by atoms with E-state index in [1.54, 1.807) is 7.11 Å². The van der Waals surface area contributed by atoms with Gasteiger partial charge in [-0.15, -0.1) is 0 Å². The van der Waals surface area contributed by atoms with Crippen molar-refractivity contribution in [2.45, 2.75) is 6.61 Å². The second-order valence-corrected chi connectivity index (χ2v) is 4.94. The summed E-state index contributed by atoms with van der Waals surface area (Å²) >= 11 is 2.21.